The number of methoxy groups -OCH3 is 2. The average molecular weight is 400 g/mol. The van der Waals surface area contributed by atoms with Crippen LogP contribution in [0.4, 0.5) is 0 Å². The molecule has 28 heavy (non-hydrogen) atoms. The van der Waals surface area contributed by atoms with Crippen molar-refractivity contribution in [2.45, 2.75) is 51.0 Å². The second kappa shape index (κ2) is 8.56. The Kier molecular flexibility index (Phi) is 5.90. The van der Waals surface area contributed by atoms with Gasteiger partial charge in [-0.25, -0.2) is 0 Å². The van der Waals surface area contributed by atoms with Crippen molar-refractivity contribution in [1.82, 2.24) is 4.90 Å². The molecule has 1 fully saturated rings. The van der Waals surface area contributed by atoms with Crippen LogP contribution in [0.5, 0.6) is 11.5 Å². The van der Waals surface area contributed by atoms with E-state index < -0.39 is 0 Å². The van der Waals surface area contributed by atoms with Crippen molar-refractivity contribution >= 4 is 17.2 Å². The lowest BCUT2D eigenvalue weighted by atomic mass is 9.85. The van der Waals surface area contributed by atoms with Gasteiger partial charge in [-0.1, -0.05) is 25.3 Å². The number of nitrogens with zero attached hydrogens (tertiary/aromatic N) is 1. The number of hydrogen-bond acceptors (Lipinski definition) is 4. The SMILES string of the molecule is COc1cc2c(cc1OC)C(c1cccs1)N(C(=O)CC1CCCCC1)CC2. The number of thiophene rings is 1. The Balaban J connectivity index is 1.67. The van der Waals surface area contributed by atoms with E-state index in [9.17, 15) is 4.79 Å². The lowest BCUT2D eigenvalue weighted by Gasteiger charge is -2.38. The summed E-state index contributed by atoms with van der Waals surface area (Å²) in [4.78, 5) is 16.7. The highest BCUT2D eigenvalue weighted by Gasteiger charge is 2.34. The maximum atomic E-state index is 13.3. The van der Waals surface area contributed by atoms with E-state index in [0.29, 0.717) is 18.2 Å². The van der Waals surface area contributed by atoms with Crippen LogP contribution in [0.15, 0.2) is 29.6 Å². The van der Waals surface area contributed by atoms with Gasteiger partial charge in [0.2, 0.25) is 5.91 Å². The lowest BCUT2D eigenvalue weighted by Crippen LogP contribution is -2.41. The number of benzene rings is 1. The molecule has 1 atom stereocenters. The van der Waals surface area contributed by atoms with Crippen molar-refractivity contribution < 1.29 is 14.3 Å². The first-order valence-electron chi connectivity index (χ1n) is 10.3. The molecule has 1 aliphatic heterocycles. The van der Waals surface area contributed by atoms with Gasteiger partial charge in [-0.05, 0) is 59.9 Å². The minimum absolute atomic E-state index is 0.0281. The largest absolute Gasteiger partial charge is 0.493 e. The maximum absolute atomic E-state index is 13.3. The van der Waals surface area contributed by atoms with E-state index in [1.165, 1.54) is 48.1 Å². The van der Waals surface area contributed by atoms with Crippen molar-refractivity contribution in [2.75, 3.05) is 20.8 Å². The molecule has 0 radical (unpaired) electrons. The van der Waals surface area contributed by atoms with Gasteiger partial charge in [0.05, 0.1) is 20.3 Å². The van der Waals surface area contributed by atoms with Crippen molar-refractivity contribution in [1.29, 1.82) is 0 Å². The van der Waals surface area contributed by atoms with Crippen LogP contribution >= 0.6 is 11.3 Å². The van der Waals surface area contributed by atoms with Gasteiger partial charge < -0.3 is 14.4 Å². The highest BCUT2D eigenvalue weighted by atomic mass is 32.1. The van der Waals surface area contributed by atoms with Gasteiger partial charge >= 0.3 is 0 Å². The van der Waals surface area contributed by atoms with Gasteiger partial charge in [-0.3, -0.25) is 4.79 Å². The average Bonchev–Trinajstić information content (AvgIpc) is 3.26. The number of amides is 1. The van der Waals surface area contributed by atoms with Gasteiger partial charge in [0.15, 0.2) is 11.5 Å². The fourth-order valence-corrected chi connectivity index (χ4v) is 5.58. The summed E-state index contributed by atoms with van der Waals surface area (Å²) < 4.78 is 11.1. The molecule has 1 aromatic heterocycles. The molecule has 0 spiro atoms. The molecule has 1 aliphatic carbocycles. The van der Waals surface area contributed by atoms with Gasteiger partial charge in [0, 0.05) is 17.8 Å². The molecule has 5 heteroatoms. The molecule has 4 rings (SSSR count). The van der Waals surface area contributed by atoms with E-state index in [1.54, 1.807) is 25.6 Å². The number of rotatable bonds is 5. The third-order valence-corrected chi connectivity index (χ3v) is 7.12. The molecule has 1 unspecified atom stereocenters. The zero-order valence-corrected chi connectivity index (χ0v) is 17.6. The molecule has 2 heterocycles. The fraction of sp³-hybridized carbons (Fsp3) is 0.522. The Morgan fingerprint density at radius 3 is 2.57 bits per heavy atom. The Morgan fingerprint density at radius 2 is 1.89 bits per heavy atom. The Morgan fingerprint density at radius 1 is 1.14 bits per heavy atom. The lowest BCUT2D eigenvalue weighted by molar-refractivity contribution is -0.134. The number of carbonyl (C=O) groups excluding carboxylic acids is 1. The minimum Gasteiger partial charge on any atom is -0.493 e. The summed E-state index contributed by atoms with van der Waals surface area (Å²) in [5, 5.41) is 2.09. The molecular formula is C23H29NO3S. The summed E-state index contributed by atoms with van der Waals surface area (Å²) in [5.74, 6) is 2.33. The van der Waals surface area contributed by atoms with Crippen LogP contribution in [0.2, 0.25) is 0 Å². The smallest absolute Gasteiger partial charge is 0.223 e. The topological polar surface area (TPSA) is 38.8 Å². The third-order valence-electron chi connectivity index (χ3n) is 6.19. The van der Waals surface area contributed by atoms with Gasteiger partial charge in [-0.15, -0.1) is 11.3 Å². The van der Waals surface area contributed by atoms with Crippen molar-refractivity contribution in [3.05, 3.63) is 45.6 Å². The first kappa shape index (κ1) is 19.3. The summed E-state index contributed by atoms with van der Waals surface area (Å²) in [6.45, 7) is 0.761. The van der Waals surface area contributed by atoms with Crippen LogP contribution in [-0.4, -0.2) is 31.6 Å². The Bertz CT molecular complexity index is 812. The number of fused-ring (bicyclic) bond motifs is 1. The van der Waals surface area contributed by atoms with Crippen LogP contribution in [-0.2, 0) is 11.2 Å². The summed E-state index contributed by atoms with van der Waals surface area (Å²) in [6, 6.07) is 8.33. The zero-order valence-electron chi connectivity index (χ0n) is 16.8. The normalized spacial score (nSPS) is 19.9. The summed E-state index contributed by atoms with van der Waals surface area (Å²) >= 11 is 1.72. The third kappa shape index (κ3) is 3.77. The van der Waals surface area contributed by atoms with Crippen molar-refractivity contribution in [2.24, 2.45) is 5.92 Å². The predicted octanol–water partition coefficient (Wildman–Crippen LogP) is 5.21. The Labute approximate surface area is 171 Å². The number of carbonyl (C=O) groups is 1. The number of hydrogen-bond donors (Lipinski definition) is 0. The monoisotopic (exact) mass is 399 g/mol. The van der Waals surface area contributed by atoms with Crippen LogP contribution in [0.25, 0.3) is 0 Å². The molecule has 1 amide bonds. The predicted molar refractivity (Wildman–Crippen MR) is 112 cm³/mol. The van der Waals surface area contributed by atoms with E-state index in [-0.39, 0.29) is 6.04 Å². The molecule has 2 aliphatic rings. The molecule has 0 saturated heterocycles. The Hall–Kier alpha value is -2.01. The quantitative estimate of drug-likeness (QED) is 0.693. The highest BCUT2D eigenvalue weighted by Crippen LogP contribution is 2.42. The van der Waals surface area contributed by atoms with E-state index in [2.05, 4.69) is 34.5 Å². The minimum atomic E-state index is -0.0281. The van der Waals surface area contributed by atoms with E-state index >= 15 is 0 Å². The van der Waals surface area contributed by atoms with E-state index in [0.717, 1.165) is 24.5 Å². The van der Waals surface area contributed by atoms with Gasteiger partial charge in [0.1, 0.15) is 0 Å². The van der Waals surface area contributed by atoms with E-state index in [1.807, 2.05) is 0 Å². The summed E-state index contributed by atoms with van der Waals surface area (Å²) in [7, 11) is 3.34. The molecule has 2 aromatic rings. The van der Waals surface area contributed by atoms with Crippen LogP contribution in [0.3, 0.4) is 0 Å². The first-order valence-corrected chi connectivity index (χ1v) is 11.2. The maximum Gasteiger partial charge on any atom is 0.223 e. The molecule has 1 saturated carbocycles. The highest BCUT2D eigenvalue weighted by molar-refractivity contribution is 7.10. The molecule has 1 aromatic carbocycles. The molecule has 150 valence electrons. The van der Waals surface area contributed by atoms with Crippen LogP contribution in [0.1, 0.15) is 60.6 Å². The second-order valence-electron chi connectivity index (χ2n) is 7.87. The van der Waals surface area contributed by atoms with Crippen LogP contribution < -0.4 is 9.47 Å². The summed E-state index contributed by atoms with van der Waals surface area (Å²) in [6.07, 6.45) is 7.80. The van der Waals surface area contributed by atoms with Gasteiger partial charge in [0.25, 0.3) is 0 Å². The first-order chi connectivity index (χ1) is 13.7. The van der Waals surface area contributed by atoms with E-state index in [4.69, 9.17) is 9.47 Å². The fourth-order valence-electron chi connectivity index (χ4n) is 4.72. The standard InChI is InChI=1S/C23H29NO3S/c1-26-19-14-17-10-11-24(22(25)13-16-7-4-3-5-8-16)23(21-9-6-12-28-21)18(17)15-20(19)27-2/h6,9,12,14-16,23H,3-5,7-8,10-11,13H2,1-2H3. The van der Waals surface area contributed by atoms with Crippen molar-refractivity contribution in [3.63, 3.8) is 0 Å². The van der Waals surface area contributed by atoms with Crippen molar-refractivity contribution in [3.8, 4) is 11.5 Å². The van der Waals surface area contributed by atoms with Gasteiger partial charge in [-0.2, -0.15) is 0 Å². The van der Waals surface area contributed by atoms with Crippen LogP contribution in [0, 0.1) is 5.92 Å². The zero-order chi connectivity index (χ0) is 19.5. The second-order valence-corrected chi connectivity index (χ2v) is 8.85. The molecule has 4 nitrogen and oxygen atoms in total. The molecule has 0 N–H and O–H groups in total. The molecular weight excluding hydrogens is 370 g/mol. The summed E-state index contributed by atoms with van der Waals surface area (Å²) in [5.41, 5.74) is 2.42. The molecule has 0 bridgehead atoms. The number of ether oxygens (including phenoxy) is 2.